The molecule has 0 fully saturated rings. The monoisotopic (exact) mass is 403 g/mol. The molecule has 0 unspecified atom stereocenters. The quantitative estimate of drug-likeness (QED) is 0.372. The van der Waals surface area contributed by atoms with Gasteiger partial charge in [0.2, 0.25) is 11.0 Å². The van der Waals surface area contributed by atoms with Gasteiger partial charge in [-0.2, -0.15) is 4.98 Å². The van der Waals surface area contributed by atoms with Gasteiger partial charge in [0.05, 0.1) is 31.8 Å². The lowest BCUT2D eigenvalue weighted by molar-refractivity contribution is 0.0790. The molecule has 2 aromatic rings. The first-order chi connectivity index (χ1) is 12.6. The van der Waals surface area contributed by atoms with E-state index < -0.39 is 10.0 Å². The van der Waals surface area contributed by atoms with Crippen LogP contribution in [0.25, 0.3) is 11.6 Å². The SMILES string of the molecule is CCCCCS(=O)(=O)n1nc(-c2ccco2)nc1SCCOCCOC. The second kappa shape index (κ2) is 10.7. The summed E-state index contributed by atoms with van der Waals surface area (Å²) in [5.74, 6) is 1.30. The minimum Gasteiger partial charge on any atom is -0.461 e. The van der Waals surface area contributed by atoms with Crippen molar-refractivity contribution in [2.45, 2.75) is 31.3 Å². The summed E-state index contributed by atoms with van der Waals surface area (Å²) in [6.45, 7) is 3.51. The highest BCUT2D eigenvalue weighted by atomic mass is 32.2. The molecule has 0 aliphatic carbocycles. The Morgan fingerprint density at radius 2 is 2.12 bits per heavy atom. The van der Waals surface area contributed by atoms with Crippen molar-refractivity contribution in [3.05, 3.63) is 18.4 Å². The van der Waals surface area contributed by atoms with Crippen molar-refractivity contribution < 1.29 is 22.3 Å². The molecule has 2 heterocycles. The number of furan rings is 1. The van der Waals surface area contributed by atoms with Crippen LogP contribution in [0.5, 0.6) is 0 Å². The van der Waals surface area contributed by atoms with Crippen LogP contribution in [0.3, 0.4) is 0 Å². The van der Waals surface area contributed by atoms with Crippen LogP contribution in [-0.2, 0) is 19.5 Å². The lowest BCUT2D eigenvalue weighted by Crippen LogP contribution is -2.19. The molecule has 146 valence electrons. The van der Waals surface area contributed by atoms with Gasteiger partial charge in [0.1, 0.15) is 0 Å². The Bertz CT molecular complexity index is 744. The Hall–Kier alpha value is -1.36. The first-order valence-electron chi connectivity index (χ1n) is 8.52. The fourth-order valence-electron chi connectivity index (χ4n) is 2.12. The summed E-state index contributed by atoms with van der Waals surface area (Å²) in [6, 6.07) is 3.41. The minimum absolute atomic E-state index is 0.0414. The van der Waals surface area contributed by atoms with Gasteiger partial charge in [-0.25, -0.2) is 8.42 Å². The molecule has 8 nitrogen and oxygen atoms in total. The third kappa shape index (κ3) is 6.11. The average molecular weight is 404 g/mol. The van der Waals surface area contributed by atoms with Gasteiger partial charge >= 0.3 is 0 Å². The molecule has 26 heavy (non-hydrogen) atoms. The zero-order valence-electron chi connectivity index (χ0n) is 15.1. The van der Waals surface area contributed by atoms with Gasteiger partial charge in [0, 0.05) is 12.9 Å². The van der Waals surface area contributed by atoms with Gasteiger partial charge in [-0.3, -0.25) is 0 Å². The molecule has 0 aliphatic heterocycles. The van der Waals surface area contributed by atoms with Gasteiger partial charge in [-0.1, -0.05) is 31.5 Å². The van der Waals surface area contributed by atoms with Crippen LogP contribution in [0.15, 0.2) is 28.0 Å². The Labute approximate surface area is 158 Å². The third-order valence-corrected chi connectivity index (χ3v) is 6.05. The van der Waals surface area contributed by atoms with Crippen LogP contribution in [0.2, 0.25) is 0 Å². The van der Waals surface area contributed by atoms with Crippen LogP contribution in [0, 0.1) is 0 Å². The minimum atomic E-state index is -3.56. The molecule has 0 N–H and O–H groups in total. The maximum absolute atomic E-state index is 12.7. The van der Waals surface area contributed by atoms with Gasteiger partial charge in [-0.05, 0) is 18.6 Å². The zero-order chi connectivity index (χ0) is 18.8. The number of methoxy groups -OCH3 is 1. The second-order valence-corrected chi connectivity index (χ2v) is 8.50. The van der Waals surface area contributed by atoms with Crippen LogP contribution in [0.1, 0.15) is 26.2 Å². The van der Waals surface area contributed by atoms with E-state index in [0.717, 1.165) is 16.9 Å². The van der Waals surface area contributed by atoms with E-state index >= 15 is 0 Å². The van der Waals surface area contributed by atoms with Gasteiger partial charge in [-0.15, -0.1) is 9.19 Å². The van der Waals surface area contributed by atoms with Crippen LogP contribution in [0.4, 0.5) is 0 Å². The molecule has 0 amide bonds. The van der Waals surface area contributed by atoms with Gasteiger partial charge in [0.15, 0.2) is 5.76 Å². The van der Waals surface area contributed by atoms with E-state index in [0.29, 0.717) is 42.9 Å². The number of hydrogen-bond donors (Lipinski definition) is 0. The Morgan fingerprint density at radius 1 is 1.27 bits per heavy atom. The van der Waals surface area contributed by atoms with Crippen molar-refractivity contribution >= 4 is 21.8 Å². The standard InChI is InChI=1S/C16H25N3O5S2/c1-3-4-5-13-26(20,21)19-16(25-12-11-23-10-9-22-2)17-15(18-19)14-7-6-8-24-14/h6-8H,3-5,9-13H2,1-2H3. The van der Waals surface area contributed by atoms with Crippen molar-refractivity contribution in [2.75, 3.05) is 38.4 Å². The fourth-order valence-corrected chi connectivity index (χ4v) is 4.53. The summed E-state index contributed by atoms with van der Waals surface area (Å²) in [4.78, 5) is 4.34. The highest BCUT2D eigenvalue weighted by Crippen LogP contribution is 2.23. The summed E-state index contributed by atoms with van der Waals surface area (Å²) in [5.41, 5.74) is 0. The predicted molar refractivity (Wildman–Crippen MR) is 99.9 cm³/mol. The topological polar surface area (TPSA) is 96.5 Å². The summed E-state index contributed by atoms with van der Waals surface area (Å²) in [7, 11) is -1.95. The number of hydrogen-bond acceptors (Lipinski definition) is 8. The number of nitrogens with zero attached hydrogens (tertiary/aromatic N) is 3. The molecule has 0 bridgehead atoms. The predicted octanol–water partition coefficient (Wildman–Crippen LogP) is 2.66. The van der Waals surface area contributed by atoms with E-state index in [-0.39, 0.29) is 11.6 Å². The number of unbranched alkanes of at least 4 members (excludes halogenated alkanes) is 2. The Morgan fingerprint density at radius 3 is 2.81 bits per heavy atom. The maximum atomic E-state index is 12.7. The number of rotatable bonds is 13. The van der Waals surface area contributed by atoms with E-state index in [1.807, 2.05) is 6.92 Å². The van der Waals surface area contributed by atoms with Crippen LogP contribution < -0.4 is 0 Å². The Kier molecular flexibility index (Phi) is 8.63. The lowest BCUT2D eigenvalue weighted by atomic mass is 10.3. The number of ether oxygens (including phenoxy) is 2. The molecule has 2 rings (SSSR count). The van der Waals surface area contributed by atoms with Crippen molar-refractivity contribution in [3.63, 3.8) is 0 Å². The molecule has 0 saturated carbocycles. The summed E-state index contributed by atoms with van der Waals surface area (Å²) in [5, 5.41) is 4.50. The number of aromatic nitrogens is 3. The van der Waals surface area contributed by atoms with E-state index in [9.17, 15) is 8.42 Å². The van der Waals surface area contributed by atoms with Crippen molar-refractivity contribution in [3.8, 4) is 11.6 Å². The molecular formula is C16H25N3O5S2. The first kappa shape index (κ1) is 20.9. The molecule has 0 spiro atoms. The van der Waals surface area contributed by atoms with Gasteiger partial charge < -0.3 is 13.9 Å². The van der Waals surface area contributed by atoms with E-state index in [2.05, 4.69) is 10.1 Å². The first-order valence-corrected chi connectivity index (χ1v) is 11.1. The third-order valence-electron chi connectivity index (χ3n) is 3.45. The van der Waals surface area contributed by atoms with E-state index in [4.69, 9.17) is 13.9 Å². The zero-order valence-corrected chi connectivity index (χ0v) is 16.7. The highest BCUT2D eigenvalue weighted by Gasteiger charge is 2.23. The maximum Gasteiger partial charge on any atom is 0.256 e. The molecule has 10 heteroatoms. The van der Waals surface area contributed by atoms with Crippen LogP contribution in [-0.4, -0.2) is 61.0 Å². The molecule has 0 saturated heterocycles. The summed E-state index contributed by atoms with van der Waals surface area (Å²) >= 11 is 1.29. The van der Waals surface area contributed by atoms with E-state index in [1.165, 1.54) is 18.0 Å². The average Bonchev–Trinajstić information content (AvgIpc) is 3.27. The summed E-state index contributed by atoms with van der Waals surface area (Å²) in [6.07, 6.45) is 3.90. The molecule has 0 atom stereocenters. The molecule has 2 aromatic heterocycles. The smallest absolute Gasteiger partial charge is 0.256 e. The van der Waals surface area contributed by atoms with Crippen molar-refractivity contribution in [2.24, 2.45) is 0 Å². The van der Waals surface area contributed by atoms with Gasteiger partial charge in [0.25, 0.3) is 10.0 Å². The van der Waals surface area contributed by atoms with Crippen molar-refractivity contribution in [1.82, 2.24) is 14.2 Å². The number of thioether (sulfide) groups is 1. The normalized spacial score (nSPS) is 11.9. The second-order valence-electron chi connectivity index (χ2n) is 5.52. The fraction of sp³-hybridized carbons (Fsp3) is 0.625. The molecule has 0 aromatic carbocycles. The highest BCUT2D eigenvalue weighted by molar-refractivity contribution is 7.99. The largest absolute Gasteiger partial charge is 0.461 e. The van der Waals surface area contributed by atoms with Crippen molar-refractivity contribution in [1.29, 1.82) is 0 Å². The van der Waals surface area contributed by atoms with Crippen LogP contribution >= 0.6 is 11.8 Å². The Balaban J connectivity index is 2.10. The van der Waals surface area contributed by atoms with E-state index in [1.54, 1.807) is 19.2 Å². The molecular weight excluding hydrogens is 378 g/mol. The molecule has 0 radical (unpaired) electrons. The lowest BCUT2D eigenvalue weighted by Gasteiger charge is -2.07. The summed E-state index contributed by atoms with van der Waals surface area (Å²) < 4.78 is 41.9. The molecule has 0 aliphatic rings.